The molecule has 8 aromatic carbocycles. The van der Waals surface area contributed by atoms with Crippen molar-refractivity contribution in [3.05, 3.63) is 170 Å². The number of benzene rings is 8. The van der Waals surface area contributed by atoms with Crippen molar-refractivity contribution in [2.24, 2.45) is 0 Å². The van der Waals surface area contributed by atoms with Gasteiger partial charge >= 0.3 is 0 Å². The fraction of sp³-hybridized carbons (Fsp3) is 0. The quantitative estimate of drug-likeness (QED) is 0.174. The molecule has 0 N–H and O–H groups in total. The van der Waals surface area contributed by atoms with Crippen LogP contribution in [0.25, 0.3) is 106 Å². The number of aromatic nitrogens is 2. The molecule has 0 spiro atoms. The van der Waals surface area contributed by atoms with Gasteiger partial charge in [-0.3, -0.25) is 0 Å². The van der Waals surface area contributed by atoms with Gasteiger partial charge in [0, 0.05) is 67.6 Å². The first-order valence-corrected chi connectivity index (χ1v) is 19.3. The standard InChI is InChI=1S/C48H28N2S2/c1-5-18-39-32(11-1)33-12-2-6-19-40(33)50(39)42-20-10-17-38-45-41(28-27-37-35-14-4-8-22-44(35)52-48(37)45)49(46(38)42)30-25-23-29(24-26-30)31-15-9-16-36-34-13-3-7-21-43(34)51-47(31)36/h1-28H. The molecule has 0 aliphatic rings. The van der Waals surface area contributed by atoms with Crippen LogP contribution < -0.4 is 0 Å². The minimum absolute atomic E-state index is 1.15. The monoisotopic (exact) mass is 696 g/mol. The summed E-state index contributed by atoms with van der Waals surface area (Å²) in [6.45, 7) is 0. The topological polar surface area (TPSA) is 9.86 Å². The van der Waals surface area contributed by atoms with Crippen LogP contribution in [-0.2, 0) is 0 Å². The van der Waals surface area contributed by atoms with E-state index in [9.17, 15) is 0 Å². The maximum Gasteiger partial charge on any atom is 0.0782 e. The number of nitrogens with zero attached hydrogens (tertiary/aromatic N) is 2. The Hall–Kier alpha value is -6.20. The van der Waals surface area contributed by atoms with Crippen molar-refractivity contribution in [3.8, 4) is 22.5 Å². The highest BCUT2D eigenvalue weighted by Crippen LogP contribution is 2.46. The highest BCUT2D eigenvalue weighted by atomic mass is 32.1. The van der Waals surface area contributed by atoms with Gasteiger partial charge in [0.05, 0.1) is 27.8 Å². The van der Waals surface area contributed by atoms with Gasteiger partial charge in [-0.15, -0.1) is 22.7 Å². The summed E-state index contributed by atoms with van der Waals surface area (Å²) in [7, 11) is 0. The smallest absolute Gasteiger partial charge is 0.0782 e. The summed E-state index contributed by atoms with van der Waals surface area (Å²) in [6.07, 6.45) is 0. The van der Waals surface area contributed by atoms with Crippen LogP contribution in [0.1, 0.15) is 0 Å². The van der Waals surface area contributed by atoms with E-state index in [2.05, 4.69) is 179 Å². The fourth-order valence-corrected chi connectivity index (χ4v) is 11.2. The van der Waals surface area contributed by atoms with Crippen molar-refractivity contribution < 1.29 is 0 Å². The summed E-state index contributed by atoms with van der Waals surface area (Å²) < 4.78 is 10.3. The highest BCUT2D eigenvalue weighted by molar-refractivity contribution is 7.27. The van der Waals surface area contributed by atoms with Crippen molar-refractivity contribution in [2.45, 2.75) is 0 Å². The average Bonchev–Trinajstić information content (AvgIpc) is 3.95. The SMILES string of the molecule is c1ccc2c(c1)sc1c(-c3ccc(-n4c5ccc6c7ccccc7sc6c5c5cccc(-n6c7ccccc7c7ccccc76)c54)cc3)cccc12. The lowest BCUT2D eigenvalue weighted by atomic mass is 10.0. The van der Waals surface area contributed by atoms with Gasteiger partial charge in [0.1, 0.15) is 0 Å². The molecule has 242 valence electrons. The van der Waals surface area contributed by atoms with Gasteiger partial charge in [-0.05, 0) is 59.7 Å². The lowest BCUT2D eigenvalue weighted by Gasteiger charge is -2.15. The van der Waals surface area contributed by atoms with Crippen LogP contribution in [-0.4, -0.2) is 9.13 Å². The first-order valence-electron chi connectivity index (χ1n) is 17.7. The van der Waals surface area contributed by atoms with Gasteiger partial charge < -0.3 is 9.13 Å². The van der Waals surface area contributed by atoms with Gasteiger partial charge in [0.15, 0.2) is 0 Å². The molecule has 0 atom stereocenters. The number of hydrogen-bond acceptors (Lipinski definition) is 2. The molecule has 0 saturated carbocycles. The molecule has 52 heavy (non-hydrogen) atoms. The van der Waals surface area contributed by atoms with Crippen molar-refractivity contribution in [2.75, 3.05) is 0 Å². The second kappa shape index (κ2) is 10.7. The van der Waals surface area contributed by atoms with Gasteiger partial charge in [-0.1, -0.05) is 121 Å². The lowest BCUT2D eigenvalue weighted by Crippen LogP contribution is -2.00. The summed E-state index contributed by atoms with van der Waals surface area (Å²) in [5, 5.41) is 10.4. The van der Waals surface area contributed by atoms with Gasteiger partial charge in [0.2, 0.25) is 0 Å². The first kappa shape index (κ1) is 28.5. The maximum atomic E-state index is 2.51. The Kier molecular flexibility index (Phi) is 5.84. The lowest BCUT2D eigenvalue weighted by molar-refractivity contribution is 1.13. The molecule has 2 nitrogen and oxygen atoms in total. The van der Waals surface area contributed by atoms with E-state index in [-0.39, 0.29) is 0 Å². The van der Waals surface area contributed by atoms with E-state index in [0.717, 1.165) is 5.69 Å². The van der Waals surface area contributed by atoms with Gasteiger partial charge in [-0.2, -0.15) is 0 Å². The molecule has 12 rings (SSSR count). The Morgan fingerprint density at radius 3 is 1.62 bits per heavy atom. The molecule has 0 aliphatic carbocycles. The van der Waals surface area contributed by atoms with E-state index in [1.165, 1.54) is 101 Å². The molecular formula is C48H28N2S2. The molecule has 0 saturated heterocycles. The van der Waals surface area contributed by atoms with Crippen LogP contribution in [0.2, 0.25) is 0 Å². The Bertz CT molecular complexity index is 3350. The van der Waals surface area contributed by atoms with E-state index >= 15 is 0 Å². The van der Waals surface area contributed by atoms with Crippen LogP contribution in [0.4, 0.5) is 0 Å². The number of fused-ring (bicyclic) bond motifs is 13. The molecule has 0 unspecified atom stereocenters. The molecule has 0 radical (unpaired) electrons. The largest absolute Gasteiger partial charge is 0.307 e. The van der Waals surface area contributed by atoms with Crippen molar-refractivity contribution in [1.29, 1.82) is 0 Å². The normalized spacial score (nSPS) is 12.2. The first-order chi connectivity index (χ1) is 25.8. The minimum atomic E-state index is 1.15. The van der Waals surface area contributed by atoms with Gasteiger partial charge in [-0.25, -0.2) is 0 Å². The molecule has 4 aromatic heterocycles. The zero-order chi connectivity index (χ0) is 33.9. The highest BCUT2D eigenvalue weighted by Gasteiger charge is 2.22. The Labute approximate surface area is 306 Å². The summed E-state index contributed by atoms with van der Waals surface area (Å²) in [5.41, 5.74) is 9.72. The molecule has 0 fully saturated rings. The number of thiophene rings is 2. The van der Waals surface area contributed by atoms with Crippen molar-refractivity contribution in [1.82, 2.24) is 9.13 Å². The predicted octanol–water partition coefficient (Wildman–Crippen LogP) is 14.3. The zero-order valence-corrected chi connectivity index (χ0v) is 29.5. The van der Waals surface area contributed by atoms with E-state index in [1.54, 1.807) is 0 Å². The molecule has 0 aliphatic heterocycles. The third-order valence-electron chi connectivity index (χ3n) is 10.9. The second-order valence-electron chi connectivity index (χ2n) is 13.6. The summed E-state index contributed by atoms with van der Waals surface area (Å²) in [6, 6.07) is 62.7. The average molecular weight is 697 g/mol. The fourth-order valence-electron chi connectivity index (χ4n) is 8.71. The van der Waals surface area contributed by atoms with Crippen LogP contribution in [0, 0.1) is 0 Å². The van der Waals surface area contributed by atoms with E-state index in [1.807, 2.05) is 22.7 Å². The predicted molar refractivity (Wildman–Crippen MR) is 226 cm³/mol. The molecule has 4 heterocycles. The molecule has 0 amide bonds. The summed E-state index contributed by atoms with van der Waals surface area (Å²) >= 11 is 3.79. The van der Waals surface area contributed by atoms with Crippen molar-refractivity contribution in [3.63, 3.8) is 0 Å². The van der Waals surface area contributed by atoms with Crippen LogP contribution in [0.15, 0.2) is 170 Å². The van der Waals surface area contributed by atoms with E-state index in [4.69, 9.17) is 0 Å². The second-order valence-corrected chi connectivity index (χ2v) is 15.7. The molecule has 4 heteroatoms. The van der Waals surface area contributed by atoms with E-state index in [0.29, 0.717) is 0 Å². The van der Waals surface area contributed by atoms with Crippen LogP contribution >= 0.6 is 22.7 Å². The maximum absolute atomic E-state index is 2.51. The Balaban J connectivity index is 1.17. The number of rotatable bonds is 3. The third kappa shape index (κ3) is 3.83. The Morgan fingerprint density at radius 1 is 0.346 bits per heavy atom. The zero-order valence-electron chi connectivity index (χ0n) is 27.9. The number of para-hydroxylation sites is 3. The number of hydrogen-bond donors (Lipinski definition) is 0. The molecule has 0 bridgehead atoms. The summed E-state index contributed by atoms with van der Waals surface area (Å²) in [4.78, 5) is 0. The molecule has 12 aromatic rings. The van der Waals surface area contributed by atoms with Gasteiger partial charge in [0.25, 0.3) is 0 Å². The Morgan fingerprint density at radius 2 is 0.904 bits per heavy atom. The van der Waals surface area contributed by atoms with Crippen molar-refractivity contribution >= 4 is 107 Å². The minimum Gasteiger partial charge on any atom is -0.307 e. The third-order valence-corrected chi connectivity index (χ3v) is 13.4. The van der Waals surface area contributed by atoms with Crippen LogP contribution in [0.5, 0.6) is 0 Å². The molecular weight excluding hydrogens is 669 g/mol. The summed E-state index contributed by atoms with van der Waals surface area (Å²) in [5.74, 6) is 0. The van der Waals surface area contributed by atoms with E-state index < -0.39 is 0 Å². The van der Waals surface area contributed by atoms with Crippen LogP contribution in [0.3, 0.4) is 0 Å².